The minimum absolute atomic E-state index is 0.185. The number of aliphatic carboxylic acids is 1. The fourth-order valence-electron chi connectivity index (χ4n) is 2.49. The number of hydrogen-bond acceptors (Lipinski definition) is 3. The van der Waals surface area contributed by atoms with Gasteiger partial charge in [-0.25, -0.2) is 0 Å². The Morgan fingerprint density at radius 2 is 2.29 bits per heavy atom. The third kappa shape index (κ3) is 2.58. The molecule has 0 spiro atoms. The quantitative estimate of drug-likeness (QED) is 0.837. The summed E-state index contributed by atoms with van der Waals surface area (Å²) in [4.78, 5) is 13.1. The smallest absolute Gasteiger partial charge is 0.321 e. The van der Waals surface area contributed by atoms with Gasteiger partial charge in [0, 0.05) is 6.54 Å². The summed E-state index contributed by atoms with van der Waals surface area (Å²) in [5, 5.41) is 18.6. The van der Waals surface area contributed by atoms with Crippen LogP contribution in [0, 0.1) is 5.92 Å². The fraction of sp³-hybridized carbons (Fsp3) is 0.462. The van der Waals surface area contributed by atoms with Crippen molar-refractivity contribution in [2.24, 2.45) is 5.92 Å². The van der Waals surface area contributed by atoms with E-state index in [2.05, 4.69) is 0 Å². The van der Waals surface area contributed by atoms with Gasteiger partial charge < -0.3 is 10.2 Å². The lowest BCUT2D eigenvalue weighted by molar-refractivity contribution is -0.143. The van der Waals surface area contributed by atoms with Crippen LogP contribution in [0.5, 0.6) is 5.75 Å². The molecule has 1 saturated heterocycles. The van der Waals surface area contributed by atoms with Crippen LogP contribution in [-0.2, 0) is 11.3 Å². The van der Waals surface area contributed by atoms with Crippen LogP contribution in [0.25, 0.3) is 0 Å². The molecule has 1 aromatic rings. The van der Waals surface area contributed by atoms with E-state index in [9.17, 15) is 15.0 Å². The number of nitrogens with zero attached hydrogens (tertiary/aromatic N) is 1. The number of phenolic OH excluding ortho intramolecular Hbond substituents is 1. The van der Waals surface area contributed by atoms with E-state index in [0.29, 0.717) is 6.54 Å². The molecule has 1 heterocycles. The lowest BCUT2D eigenvalue weighted by Gasteiger charge is -2.23. The molecule has 4 heteroatoms. The summed E-state index contributed by atoms with van der Waals surface area (Å²) >= 11 is 0. The van der Waals surface area contributed by atoms with E-state index >= 15 is 0 Å². The Balaban J connectivity index is 2.11. The van der Waals surface area contributed by atoms with E-state index in [1.165, 1.54) is 0 Å². The number of likely N-dealkylation sites (tertiary alicyclic amines) is 1. The maximum atomic E-state index is 11.2. The van der Waals surface area contributed by atoms with Gasteiger partial charge in [0.2, 0.25) is 0 Å². The van der Waals surface area contributed by atoms with Crippen LogP contribution >= 0.6 is 0 Å². The highest BCUT2D eigenvalue weighted by Gasteiger charge is 2.36. The summed E-state index contributed by atoms with van der Waals surface area (Å²) in [6.45, 7) is 3.35. The average Bonchev–Trinajstić information content (AvgIpc) is 2.59. The van der Waals surface area contributed by atoms with Gasteiger partial charge in [0.05, 0.1) is 0 Å². The molecule has 92 valence electrons. The maximum Gasteiger partial charge on any atom is 0.321 e. The molecule has 0 bridgehead atoms. The lowest BCUT2D eigenvalue weighted by Crippen LogP contribution is -2.38. The second-order valence-electron chi connectivity index (χ2n) is 4.69. The van der Waals surface area contributed by atoms with E-state index < -0.39 is 12.0 Å². The van der Waals surface area contributed by atoms with Gasteiger partial charge in [0.1, 0.15) is 11.8 Å². The second-order valence-corrected chi connectivity index (χ2v) is 4.69. The first-order valence-electron chi connectivity index (χ1n) is 5.82. The van der Waals surface area contributed by atoms with Crippen molar-refractivity contribution in [1.29, 1.82) is 0 Å². The van der Waals surface area contributed by atoms with Crippen molar-refractivity contribution in [2.45, 2.75) is 25.9 Å². The van der Waals surface area contributed by atoms with Crippen molar-refractivity contribution in [2.75, 3.05) is 6.54 Å². The Hall–Kier alpha value is -1.55. The van der Waals surface area contributed by atoms with Crippen molar-refractivity contribution in [3.05, 3.63) is 29.8 Å². The van der Waals surface area contributed by atoms with E-state index in [0.717, 1.165) is 18.5 Å². The van der Waals surface area contributed by atoms with Crippen LogP contribution in [0.15, 0.2) is 24.3 Å². The molecule has 0 radical (unpaired) electrons. The zero-order valence-corrected chi connectivity index (χ0v) is 9.84. The summed E-state index contributed by atoms with van der Waals surface area (Å²) in [6, 6.07) is 6.58. The first-order chi connectivity index (χ1) is 8.08. The molecule has 0 aliphatic carbocycles. The summed E-state index contributed by atoms with van der Waals surface area (Å²) < 4.78 is 0. The summed E-state index contributed by atoms with van der Waals surface area (Å²) in [5.41, 5.74) is 0.949. The predicted octanol–water partition coefficient (Wildman–Crippen LogP) is 1.69. The van der Waals surface area contributed by atoms with Gasteiger partial charge in [-0.3, -0.25) is 9.69 Å². The number of carboxylic acids is 1. The normalized spacial score (nSPS) is 25.0. The van der Waals surface area contributed by atoms with E-state index in [4.69, 9.17) is 0 Å². The van der Waals surface area contributed by atoms with Crippen LogP contribution in [-0.4, -0.2) is 33.7 Å². The lowest BCUT2D eigenvalue weighted by atomic mass is 10.0. The van der Waals surface area contributed by atoms with Crippen molar-refractivity contribution >= 4 is 5.97 Å². The number of rotatable bonds is 3. The average molecular weight is 235 g/mol. The third-order valence-corrected chi connectivity index (χ3v) is 3.35. The highest BCUT2D eigenvalue weighted by molar-refractivity contribution is 5.74. The fourth-order valence-corrected chi connectivity index (χ4v) is 2.49. The highest BCUT2D eigenvalue weighted by Crippen LogP contribution is 2.26. The van der Waals surface area contributed by atoms with Crippen molar-refractivity contribution in [3.8, 4) is 5.75 Å². The van der Waals surface area contributed by atoms with Crippen molar-refractivity contribution in [1.82, 2.24) is 4.90 Å². The standard InChI is InChI=1S/C13H17NO3/c1-9-5-6-14(12(9)13(16)17)8-10-3-2-4-11(15)7-10/h2-4,7,9,12,15H,5-6,8H2,1H3,(H,16,17). The van der Waals surface area contributed by atoms with Gasteiger partial charge in [-0.05, 0) is 36.6 Å². The van der Waals surface area contributed by atoms with Gasteiger partial charge in [-0.1, -0.05) is 19.1 Å². The van der Waals surface area contributed by atoms with Gasteiger partial charge in [0.25, 0.3) is 0 Å². The largest absolute Gasteiger partial charge is 0.508 e. The zero-order valence-electron chi connectivity index (χ0n) is 9.84. The van der Waals surface area contributed by atoms with Crippen molar-refractivity contribution < 1.29 is 15.0 Å². The number of benzene rings is 1. The molecule has 1 fully saturated rings. The SMILES string of the molecule is CC1CCN(Cc2cccc(O)c2)C1C(=O)O. The molecule has 1 aromatic carbocycles. The topological polar surface area (TPSA) is 60.8 Å². The van der Waals surface area contributed by atoms with Crippen LogP contribution in [0.4, 0.5) is 0 Å². The molecule has 2 N–H and O–H groups in total. The molecule has 17 heavy (non-hydrogen) atoms. The second kappa shape index (κ2) is 4.75. The van der Waals surface area contributed by atoms with E-state index in [1.54, 1.807) is 18.2 Å². The zero-order chi connectivity index (χ0) is 12.4. The Morgan fingerprint density at radius 1 is 1.53 bits per heavy atom. The predicted molar refractivity (Wildman–Crippen MR) is 63.7 cm³/mol. The molecular weight excluding hydrogens is 218 g/mol. The number of hydrogen-bond donors (Lipinski definition) is 2. The maximum absolute atomic E-state index is 11.2. The summed E-state index contributed by atoms with van der Waals surface area (Å²) in [5.74, 6) is -0.346. The van der Waals surface area contributed by atoms with Gasteiger partial charge in [0.15, 0.2) is 0 Å². The molecule has 2 unspecified atom stereocenters. The Bertz CT molecular complexity index is 419. The Morgan fingerprint density at radius 3 is 2.94 bits per heavy atom. The molecule has 0 aromatic heterocycles. The van der Waals surface area contributed by atoms with Crippen molar-refractivity contribution in [3.63, 3.8) is 0 Å². The number of phenols is 1. The first-order valence-corrected chi connectivity index (χ1v) is 5.82. The Labute approximate surface area is 100 Å². The Kier molecular flexibility index (Phi) is 3.33. The number of aromatic hydroxyl groups is 1. The van der Waals surface area contributed by atoms with Crippen LogP contribution in [0.3, 0.4) is 0 Å². The molecular formula is C13H17NO3. The van der Waals surface area contributed by atoms with Gasteiger partial charge in [-0.2, -0.15) is 0 Å². The minimum atomic E-state index is -0.754. The van der Waals surface area contributed by atoms with Gasteiger partial charge >= 0.3 is 5.97 Å². The molecule has 0 saturated carbocycles. The third-order valence-electron chi connectivity index (χ3n) is 3.35. The molecule has 1 aliphatic heterocycles. The molecule has 2 atom stereocenters. The van der Waals surface area contributed by atoms with E-state index in [-0.39, 0.29) is 11.7 Å². The minimum Gasteiger partial charge on any atom is -0.508 e. The summed E-state index contributed by atoms with van der Waals surface area (Å²) in [6.07, 6.45) is 0.912. The number of carboxylic acid groups (broad SMARTS) is 1. The van der Waals surface area contributed by atoms with E-state index in [1.807, 2.05) is 17.9 Å². The van der Waals surface area contributed by atoms with Crippen LogP contribution < -0.4 is 0 Å². The number of carbonyl (C=O) groups is 1. The molecule has 2 rings (SSSR count). The summed E-state index contributed by atoms with van der Waals surface area (Å²) in [7, 11) is 0. The monoisotopic (exact) mass is 235 g/mol. The molecule has 1 aliphatic rings. The molecule has 0 amide bonds. The first kappa shape index (κ1) is 11.9. The highest BCUT2D eigenvalue weighted by atomic mass is 16.4. The van der Waals surface area contributed by atoms with Crippen LogP contribution in [0.1, 0.15) is 18.9 Å². The van der Waals surface area contributed by atoms with Crippen LogP contribution in [0.2, 0.25) is 0 Å². The molecule has 4 nitrogen and oxygen atoms in total. The van der Waals surface area contributed by atoms with Gasteiger partial charge in [-0.15, -0.1) is 0 Å².